The molecular formula is C46H29N5O. The van der Waals surface area contributed by atoms with E-state index in [2.05, 4.69) is 89.5 Å². The molecule has 6 heteroatoms. The van der Waals surface area contributed by atoms with Crippen molar-refractivity contribution in [2.75, 3.05) is 0 Å². The van der Waals surface area contributed by atoms with E-state index < -0.39 is 0 Å². The Morgan fingerprint density at radius 1 is 0.385 bits per heavy atom. The molecule has 0 radical (unpaired) electrons. The minimum absolute atomic E-state index is 0.573. The van der Waals surface area contributed by atoms with Crippen LogP contribution in [-0.2, 0) is 0 Å². The van der Waals surface area contributed by atoms with Crippen molar-refractivity contribution >= 4 is 33.0 Å². The first-order valence-electron chi connectivity index (χ1n) is 17.2. The smallest absolute Gasteiger partial charge is 0.164 e. The first-order valence-corrected chi connectivity index (χ1v) is 17.2. The Kier molecular flexibility index (Phi) is 7.03. The SMILES string of the molecule is c1ccc(-c2nc(-c3ccccc3)nc(-c3cc(-c4nc5ccccc5n4-c4ccccc4)ccc3-c3ccc4oc5ccccc5c4c3)n2)cc1. The van der Waals surface area contributed by atoms with Crippen molar-refractivity contribution in [2.45, 2.75) is 0 Å². The van der Waals surface area contributed by atoms with Crippen LogP contribution >= 0.6 is 0 Å². The van der Waals surface area contributed by atoms with E-state index in [0.717, 1.165) is 77.9 Å². The van der Waals surface area contributed by atoms with Gasteiger partial charge in [-0.2, -0.15) is 0 Å². The monoisotopic (exact) mass is 667 g/mol. The summed E-state index contributed by atoms with van der Waals surface area (Å²) in [6.07, 6.45) is 0. The molecule has 52 heavy (non-hydrogen) atoms. The molecular weight excluding hydrogens is 639 g/mol. The zero-order valence-corrected chi connectivity index (χ0v) is 27.9. The van der Waals surface area contributed by atoms with Crippen LogP contribution in [0.4, 0.5) is 0 Å². The van der Waals surface area contributed by atoms with Gasteiger partial charge >= 0.3 is 0 Å². The van der Waals surface area contributed by atoms with Crippen LogP contribution in [0, 0.1) is 0 Å². The van der Waals surface area contributed by atoms with Gasteiger partial charge in [-0.3, -0.25) is 4.57 Å². The molecule has 6 nitrogen and oxygen atoms in total. The number of nitrogens with zero attached hydrogens (tertiary/aromatic N) is 5. The number of hydrogen-bond acceptors (Lipinski definition) is 5. The summed E-state index contributed by atoms with van der Waals surface area (Å²) in [5.41, 5.74) is 10.3. The van der Waals surface area contributed by atoms with Crippen LogP contribution in [0.1, 0.15) is 0 Å². The van der Waals surface area contributed by atoms with E-state index in [1.54, 1.807) is 0 Å². The molecule has 10 rings (SSSR count). The number of rotatable bonds is 6. The van der Waals surface area contributed by atoms with Gasteiger partial charge in [0, 0.05) is 38.7 Å². The lowest BCUT2D eigenvalue weighted by atomic mass is 9.95. The lowest BCUT2D eigenvalue weighted by Crippen LogP contribution is -2.02. The highest BCUT2D eigenvalue weighted by molar-refractivity contribution is 6.06. The van der Waals surface area contributed by atoms with Gasteiger partial charge in [-0.15, -0.1) is 0 Å². The minimum Gasteiger partial charge on any atom is -0.456 e. The molecule has 0 aliphatic carbocycles. The van der Waals surface area contributed by atoms with Crippen LogP contribution in [0.3, 0.4) is 0 Å². The molecule has 0 aliphatic rings. The minimum atomic E-state index is 0.573. The quantitative estimate of drug-likeness (QED) is 0.176. The molecule has 244 valence electrons. The first-order chi connectivity index (χ1) is 25.8. The first kappa shape index (κ1) is 29.7. The fraction of sp³-hybridized carbons (Fsp3) is 0. The zero-order chi connectivity index (χ0) is 34.4. The number of aromatic nitrogens is 5. The van der Waals surface area contributed by atoms with E-state index in [0.29, 0.717) is 17.5 Å². The van der Waals surface area contributed by atoms with E-state index in [1.165, 1.54) is 0 Å². The Bertz CT molecular complexity index is 2840. The standard InChI is InChI=1S/C46H29N5O/c1-4-14-30(15-5-1)43-48-44(31-16-6-2-7-17-31)50-45(49-43)38-29-33(46-47-39-21-11-12-22-40(39)51(46)34-18-8-3-9-19-34)24-26-35(38)32-25-27-42-37(28-32)36-20-10-13-23-41(36)52-42/h1-29H. The van der Waals surface area contributed by atoms with E-state index in [9.17, 15) is 0 Å². The van der Waals surface area contributed by atoms with Gasteiger partial charge in [0.15, 0.2) is 17.5 Å². The fourth-order valence-electron chi connectivity index (χ4n) is 7.00. The largest absolute Gasteiger partial charge is 0.456 e. The number of hydrogen-bond donors (Lipinski definition) is 0. The summed E-state index contributed by atoms with van der Waals surface area (Å²) in [5, 5.41) is 2.13. The summed E-state index contributed by atoms with van der Waals surface area (Å²) < 4.78 is 8.42. The molecule has 0 unspecified atom stereocenters. The molecule has 3 heterocycles. The van der Waals surface area contributed by atoms with Gasteiger partial charge in [-0.25, -0.2) is 19.9 Å². The summed E-state index contributed by atoms with van der Waals surface area (Å²) in [5.74, 6) is 2.61. The van der Waals surface area contributed by atoms with Crippen molar-refractivity contribution in [2.24, 2.45) is 0 Å². The average molecular weight is 668 g/mol. The van der Waals surface area contributed by atoms with Gasteiger partial charge in [0.25, 0.3) is 0 Å². The summed E-state index contributed by atoms with van der Waals surface area (Å²) in [7, 11) is 0. The molecule has 3 aromatic heterocycles. The molecule has 0 aliphatic heterocycles. The van der Waals surface area contributed by atoms with E-state index in [1.807, 2.05) is 91.0 Å². The highest BCUT2D eigenvalue weighted by atomic mass is 16.3. The number of benzene rings is 7. The van der Waals surface area contributed by atoms with Gasteiger partial charge in [-0.05, 0) is 59.7 Å². The highest BCUT2D eigenvalue weighted by Gasteiger charge is 2.21. The lowest BCUT2D eigenvalue weighted by molar-refractivity contribution is 0.669. The topological polar surface area (TPSA) is 69.6 Å². The molecule has 0 saturated carbocycles. The van der Waals surface area contributed by atoms with Crippen LogP contribution in [-0.4, -0.2) is 24.5 Å². The van der Waals surface area contributed by atoms with Crippen molar-refractivity contribution < 1.29 is 4.42 Å². The van der Waals surface area contributed by atoms with Crippen molar-refractivity contribution in [3.63, 3.8) is 0 Å². The summed E-state index contributed by atoms with van der Waals surface area (Å²) in [4.78, 5) is 20.5. The molecule has 0 atom stereocenters. The summed E-state index contributed by atoms with van der Waals surface area (Å²) >= 11 is 0. The molecule has 0 bridgehead atoms. The number of furan rings is 1. The van der Waals surface area contributed by atoms with E-state index >= 15 is 0 Å². The lowest BCUT2D eigenvalue weighted by Gasteiger charge is -2.15. The van der Waals surface area contributed by atoms with Gasteiger partial charge in [-0.1, -0.05) is 127 Å². The molecule has 0 spiro atoms. The number of para-hydroxylation sites is 4. The third-order valence-electron chi connectivity index (χ3n) is 9.48. The Balaban J connectivity index is 1.25. The average Bonchev–Trinajstić information content (AvgIpc) is 3.80. The van der Waals surface area contributed by atoms with E-state index in [-0.39, 0.29) is 0 Å². The molecule has 0 saturated heterocycles. The second kappa shape index (κ2) is 12.3. The van der Waals surface area contributed by atoms with Crippen LogP contribution in [0.2, 0.25) is 0 Å². The molecule has 7 aromatic carbocycles. The summed E-state index contributed by atoms with van der Waals surface area (Å²) in [6, 6.07) is 59.8. The Morgan fingerprint density at radius 3 is 1.73 bits per heavy atom. The van der Waals surface area contributed by atoms with Gasteiger partial charge in [0.1, 0.15) is 17.0 Å². The number of imidazole rings is 1. The maximum Gasteiger partial charge on any atom is 0.164 e. The number of fused-ring (bicyclic) bond motifs is 4. The van der Waals surface area contributed by atoms with Crippen LogP contribution in [0.25, 0.3) is 95.3 Å². The maximum atomic E-state index is 6.20. The van der Waals surface area contributed by atoms with Crippen LogP contribution in [0.15, 0.2) is 180 Å². The Hall–Kier alpha value is -7.18. The zero-order valence-electron chi connectivity index (χ0n) is 27.9. The van der Waals surface area contributed by atoms with Crippen molar-refractivity contribution in [1.82, 2.24) is 24.5 Å². The maximum absolute atomic E-state index is 6.20. The summed E-state index contributed by atoms with van der Waals surface area (Å²) in [6.45, 7) is 0. The predicted molar refractivity (Wildman–Crippen MR) is 209 cm³/mol. The molecule has 10 aromatic rings. The fourth-order valence-corrected chi connectivity index (χ4v) is 7.00. The Morgan fingerprint density at radius 2 is 0.981 bits per heavy atom. The second-order valence-electron chi connectivity index (χ2n) is 12.7. The third kappa shape index (κ3) is 5.13. The normalized spacial score (nSPS) is 11.5. The van der Waals surface area contributed by atoms with Gasteiger partial charge in [0.05, 0.1) is 11.0 Å². The molecule has 0 N–H and O–H groups in total. The highest BCUT2D eigenvalue weighted by Crippen LogP contribution is 2.39. The van der Waals surface area contributed by atoms with Gasteiger partial charge in [0.2, 0.25) is 0 Å². The third-order valence-corrected chi connectivity index (χ3v) is 9.48. The van der Waals surface area contributed by atoms with E-state index in [4.69, 9.17) is 24.4 Å². The van der Waals surface area contributed by atoms with Crippen molar-refractivity contribution in [3.05, 3.63) is 176 Å². The van der Waals surface area contributed by atoms with Crippen LogP contribution < -0.4 is 0 Å². The van der Waals surface area contributed by atoms with Crippen molar-refractivity contribution in [1.29, 1.82) is 0 Å². The van der Waals surface area contributed by atoms with Gasteiger partial charge < -0.3 is 4.42 Å². The predicted octanol–water partition coefficient (Wildman–Crippen LogP) is 11.4. The Labute approximate surface area is 299 Å². The van der Waals surface area contributed by atoms with Crippen molar-refractivity contribution in [3.8, 4) is 62.4 Å². The molecule has 0 fully saturated rings. The van der Waals surface area contributed by atoms with Crippen LogP contribution in [0.5, 0.6) is 0 Å². The second-order valence-corrected chi connectivity index (χ2v) is 12.7. The molecule has 0 amide bonds.